The molecule has 2 aromatic heterocycles. The number of nitrogen functional groups attached to an aromatic ring is 1. The van der Waals surface area contributed by atoms with Crippen LogP contribution in [0.15, 0.2) is 48.1 Å². The number of hydrogen-bond donors (Lipinski definition) is 2. The molecule has 0 radical (unpaired) electrons. The maximum Gasteiger partial charge on any atom is 0.337 e. The highest BCUT2D eigenvalue weighted by Gasteiger charge is 2.09. The van der Waals surface area contributed by atoms with Gasteiger partial charge in [-0.15, -0.1) is 11.3 Å². The first-order valence-corrected chi connectivity index (χ1v) is 8.12. The van der Waals surface area contributed by atoms with Crippen molar-refractivity contribution in [3.63, 3.8) is 0 Å². The fourth-order valence-corrected chi connectivity index (χ4v) is 2.95. The van der Waals surface area contributed by atoms with Crippen molar-refractivity contribution in [2.45, 2.75) is 6.54 Å². The van der Waals surface area contributed by atoms with E-state index in [-0.39, 0.29) is 0 Å². The second kappa shape index (κ2) is 7.10. The van der Waals surface area contributed by atoms with Gasteiger partial charge in [-0.2, -0.15) is 0 Å². The van der Waals surface area contributed by atoms with Crippen molar-refractivity contribution in [1.29, 1.82) is 0 Å². The Morgan fingerprint density at radius 1 is 1.29 bits per heavy atom. The summed E-state index contributed by atoms with van der Waals surface area (Å²) in [6.07, 6.45) is 3.49. The molecular formula is C17H16N4O2S. The molecule has 0 saturated heterocycles. The van der Waals surface area contributed by atoms with E-state index in [1.54, 1.807) is 35.9 Å². The first kappa shape index (κ1) is 15.9. The molecule has 0 aliphatic carbocycles. The number of ether oxygens (including phenoxy) is 1. The number of methoxy groups -OCH3 is 1. The van der Waals surface area contributed by atoms with Gasteiger partial charge in [0.25, 0.3) is 0 Å². The summed E-state index contributed by atoms with van der Waals surface area (Å²) in [5.74, 6) is 0.381. The molecule has 2 heterocycles. The Kier molecular flexibility index (Phi) is 4.72. The van der Waals surface area contributed by atoms with Crippen LogP contribution in [0, 0.1) is 0 Å². The Morgan fingerprint density at radius 3 is 2.79 bits per heavy atom. The molecule has 0 bridgehead atoms. The molecule has 0 fully saturated rings. The summed E-state index contributed by atoms with van der Waals surface area (Å²) < 4.78 is 4.68. The molecule has 0 amide bonds. The second-order valence-corrected chi connectivity index (χ2v) is 5.89. The fourth-order valence-electron chi connectivity index (χ4n) is 2.17. The molecule has 6 nitrogen and oxygen atoms in total. The van der Waals surface area contributed by atoms with E-state index in [1.807, 2.05) is 23.6 Å². The lowest BCUT2D eigenvalue weighted by Gasteiger charge is -2.08. The molecular weight excluding hydrogens is 324 g/mol. The number of nitrogens with two attached hydrogens (primary N) is 1. The summed E-state index contributed by atoms with van der Waals surface area (Å²) in [6.45, 7) is 0.521. The highest BCUT2D eigenvalue weighted by molar-refractivity contribution is 7.13. The van der Waals surface area contributed by atoms with Crippen molar-refractivity contribution in [2.24, 2.45) is 0 Å². The predicted octanol–water partition coefficient (Wildman–Crippen LogP) is 3.19. The lowest BCUT2D eigenvalue weighted by Crippen LogP contribution is -2.06. The molecule has 0 aliphatic heterocycles. The van der Waals surface area contributed by atoms with E-state index in [9.17, 15) is 4.79 Å². The number of carbonyl (C=O) groups is 1. The van der Waals surface area contributed by atoms with Gasteiger partial charge in [0.05, 0.1) is 12.7 Å². The molecule has 7 heteroatoms. The number of carbonyl (C=O) groups excluding carboxylic acids is 1. The lowest BCUT2D eigenvalue weighted by molar-refractivity contribution is 0.0601. The highest BCUT2D eigenvalue weighted by atomic mass is 32.1. The standard InChI is InChI=1S/C17H16N4O2S/c1-23-17(22)12-2-3-13(14(18)8-12)9-20-15-10-24-16(21-15)11-4-6-19-7-5-11/h2-8,10,20H,9,18H2,1H3. The first-order valence-electron chi connectivity index (χ1n) is 7.24. The van der Waals surface area contributed by atoms with E-state index in [2.05, 4.69) is 20.0 Å². The zero-order valence-corrected chi connectivity index (χ0v) is 13.8. The molecule has 0 saturated carbocycles. The molecule has 1 aromatic carbocycles. The lowest BCUT2D eigenvalue weighted by atomic mass is 10.1. The van der Waals surface area contributed by atoms with E-state index in [1.165, 1.54) is 7.11 Å². The predicted molar refractivity (Wildman–Crippen MR) is 94.9 cm³/mol. The van der Waals surface area contributed by atoms with Crippen LogP contribution in [-0.4, -0.2) is 23.0 Å². The molecule has 0 unspecified atom stereocenters. The Labute approximate surface area is 143 Å². The molecule has 0 aliphatic rings. The van der Waals surface area contributed by atoms with Crippen molar-refractivity contribution < 1.29 is 9.53 Å². The minimum atomic E-state index is -0.400. The van der Waals surface area contributed by atoms with Gasteiger partial charge >= 0.3 is 5.97 Å². The summed E-state index contributed by atoms with van der Waals surface area (Å²) in [4.78, 5) is 20.0. The second-order valence-electron chi connectivity index (χ2n) is 5.03. The molecule has 0 atom stereocenters. The Bertz CT molecular complexity index is 849. The number of nitrogens with zero attached hydrogens (tertiary/aromatic N) is 2. The van der Waals surface area contributed by atoms with E-state index in [4.69, 9.17) is 5.73 Å². The third-order valence-corrected chi connectivity index (χ3v) is 4.35. The van der Waals surface area contributed by atoms with E-state index in [0.717, 1.165) is 22.0 Å². The fraction of sp³-hybridized carbons (Fsp3) is 0.118. The van der Waals surface area contributed by atoms with Crippen LogP contribution >= 0.6 is 11.3 Å². The van der Waals surface area contributed by atoms with Crippen LogP contribution in [0.5, 0.6) is 0 Å². The highest BCUT2D eigenvalue weighted by Crippen LogP contribution is 2.26. The van der Waals surface area contributed by atoms with Crippen molar-refractivity contribution in [3.05, 3.63) is 59.2 Å². The van der Waals surface area contributed by atoms with Crippen LogP contribution in [0.4, 0.5) is 11.5 Å². The maximum absolute atomic E-state index is 11.5. The van der Waals surface area contributed by atoms with Crippen molar-refractivity contribution in [3.8, 4) is 10.6 Å². The smallest absolute Gasteiger partial charge is 0.337 e. The van der Waals surface area contributed by atoms with Crippen LogP contribution in [0.2, 0.25) is 0 Å². The molecule has 122 valence electrons. The quantitative estimate of drug-likeness (QED) is 0.547. The summed E-state index contributed by atoms with van der Waals surface area (Å²) in [6, 6.07) is 8.97. The van der Waals surface area contributed by atoms with Gasteiger partial charge in [0.1, 0.15) is 10.8 Å². The van der Waals surface area contributed by atoms with Crippen LogP contribution < -0.4 is 11.1 Å². The van der Waals surface area contributed by atoms with Gasteiger partial charge in [0, 0.05) is 35.6 Å². The van der Waals surface area contributed by atoms with Crippen molar-refractivity contribution in [1.82, 2.24) is 9.97 Å². The van der Waals surface area contributed by atoms with Crippen molar-refractivity contribution >= 4 is 28.8 Å². The summed E-state index contributed by atoms with van der Waals surface area (Å²) >= 11 is 1.56. The average molecular weight is 340 g/mol. The molecule has 0 spiro atoms. The van der Waals surface area contributed by atoms with Gasteiger partial charge in [-0.25, -0.2) is 9.78 Å². The zero-order valence-electron chi connectivity index (χ0n) is 13.0. The first-order chi connectivity index (χ1) is 11.7. The van der Waals surface area contributed by atoms with Crippen LogP contribution in [0.3, 0.4) is 0 Å². The number of pyridine rings is 1. The van der Waals surface area contributed by atoms with Crippen LogP contribution in [0.1, 0.15) is 15.9 Å². The molecule has 3 N–H and O–H groups in total. The third kappa shape index (κ3) is 3.52. The topological polar surface area (TPSA) is 90.1 Å². The Hall–Kier alpha value is -2.93. The maximum atomic E-state index is 11.5. The van der Waals surface area contributed by atoms with Gasteiger partial charge in [-0.3, -0.25) is 4.98 Å². The number of aromatic nitrogens is 2. The van der Waals surface area contributed by atoms with Crippen LogP contribution in [0.25, 0.3) is 10.6 Å². The van der Waals surface area contributed by atoms with E-state index < -0.39 is 5.97 Å². The molecule has 3 rings (SSSR count). The number of hydrogen-bond acceptors (Lipinski definition) is 7. The Morgan fingerprint density at radius 2 is 2.08 bits per heavy atom. The van der Waals surface area contributed by atoms with Gasteiger partial charge in [-0.05, 0) is 29.8 Å². The van der Waals surface area contributed by atoms with Crippen LogP contribution in [-0.2, 0) is 11.3 Å². The van der Waals surface area contributed by atoms with Gasteiger partial charge in [-0.1, -0.05) is 6.07 Å². The minimum Gasteiger partial charge on any atom is -0.465 e. The average Bonchev–Trinajstić information content (AvgIpc) is 3.09. The number of rotatable bonds is 5. The van der Waals surface area contributed by atoms with Gasteiger partial charge in [0.2, 0.25) is 0 Å². The third-order valence-electron chi connectivity index (χ3n) is 3.46. The van der Waals surface area contributed by atoms with Gasteiger partial charge < -0.3 is 15.8 Å². The number of nitrogens with one attached hydrogen (secondary N) is 1. The molecule has 3 aromatic rings. The number of benzene rings is 1. The number of esters is 1. The monoisotopic (exact) mass is 340 g/mol. The van der Waals surface area contributed by atoms with E-state index >= 15 is 0 Å². The Balaban J connectivity index is 1.68. The normalized spacial score (nSPS) is 10.4. The number of thiazole rings is 1. The largest absolute Gasteiger partial charge is 0.465 e. The minimum absolute atomic E-state index is 0.400. The zero-order chi connectivity index (χ0) is 16.9. The SMILES string of the molecule is COC(=O)c1ccc(CNc2csc(-c3ccncc3)n2)c(N)c1. The molecule has 24 heavy (non-hydrogen) atoms. The van der Waals surface area contributed by atoms with Crippen molar-refractivity contribution in [2.75, 3.05) is 18.2 Å². The van der Waals surface area contributed by atoms with E-state index in [0.29, 0.717) is 17.8 Å². The summed E-state index contributed by atoms with van der Waals surface area (Å²) in [5.41, 5.74) is 8.90. The summed E-state index contributed by atoms with van der Waals surface area (Å²) in [5, 5.41) is 6.12. The number of anilines is 2. The van der Waals surface area contributed by atoms with Gasteiger partial charge in [0.15, 0.2) is 0 Å². The summed E-state index contributed by atoms with van der Waals surface area (Å²) in [7, 11) is 1.34.